The van der Waals surface area contributed by atoms with Crippen LogP contribution in [0.1, 0.15) is 12.5 Å². The molecule has 0 spiro atoms. The summed E-state index contributed by atoms with van der Waals surface area (Å²) in [6.07, 6.45) is 0. The van der Waals surface area contributed by atoms with Gasteiger partial charge in [-0.15, -0.1) is 0 Å². The smallest absolute Gasteiger partial charge is 0.497 e. The number of anilines is 1. The Bertz CT molecular complexity index is 904. The first-order chi connectivity index (χ1) is 13.4. The highest BCUT2D eigenvalue weighted by Crippen LogP contribution is 2.29. The molecule has 0 aliphatic heterocycles. The number of carbonyl (C=O) groups excluding carboxylic acids is 1. The van der Waals surface area contributed by atoms with Crippen molar-refractivity contribution in [3.63, 3.8) is 0 Å². The van der Waals surface area contributed by atoms with Gasteiger partial charge in [-0.25, -0.2) is 0 Å². The first kappa shape index (κ1) is 21.7. The van der Waals surface area contributed by atoms with Crippen molar-refractivity contribution in [1.82, 2.24) is 0 Å². The highest BCUT2D eigenvalue weighted by molar-refractivity contribution is 9.11. The first-order valence-corrected chi connectivity index (χ1v) is 9.80. The zero-order valence-electron chi connectivity index (χ0n) is 15.2. The molecular formula is C19H18Br2N3O4+. The number of nitrogens with zero attached hydrogens (tertiary/aromatic N) is 3. The van der Waals surface area contributed by atoms with E-state index in [0.29, 0.717) is 11.4 Å². The zero-order chi connectivity index (χ0) is 20.7. The standard InChI is InChI=1S/C19H17Br2N3O4/c1-3-28-19(26)17(23-22)18(25)24(15-9-13(20)8-14(21)10-15)11-12-4-6-16(27-2)7-5-12/h4-10H,3,11H2,1-2H3/p+1. The minimum Gasteiger partial charge on any atom is -0.497 e. The Hall–Kier alpha value is -2.57. The van der Waals surface area contributed by atoms with E-state index >= 15 is 0 Å². The largest absolute Gasteiger partial charge is 0.527 e. The third kappa shape index (κ3) is 5.47. The van der Waals surface area contributed by atoms with Gasteiger partial charge < -0.3 is 14.6 Å². The summed E-state index contributed by atoms with van der Waals surface area (Å²) in [5.74, 6) is -0.787. The van der Waals surface area contributed by atoms with Gasteiger partial charge in [0.2, 0.25) is 5.39 Å². The van der Waals surface area contributed by atoms with Crippen LogP contribution in [0.5, 0.6) is 5.75 Å². The fraction of sp³-hybridized carbons (Fsp3) is 0.211. The van der Waals surface area contributed by atoms with E-state index < -0.39 is 17.5 Å². The van der Waals surface area contributed by atoms with E-state index in [9.17, 15) is 15.3 Å². The predicted octanol–water partition coefficient (Wildman–Crippen LogP) is 5.37. The van der Waals surface area contributed by atoms with Crippen LogP contribution in [0.3, 0.4) is 0 Å². The predicted molar refractivity (Wildman–Crippen MR) is 112 cm³/mol. The molecule has 28 heavy (non-hydrogen) atoms. The Morgan fingerprint density at radius 3 is 2.29 bits per heavy atom. The van der Waals surface area contributed by atoms with Crippen LogP contribution in [-0.2, 0) is 16.1 Å². The summed E-state index contributed by atoms with van der Waals surface area (Å²) in [6, 6.07) is 12.5. The molecule has 0 saturated carbocycles. The van der Waals surface area contributed by atoms with E-state index in [0.717, 1.165) is 14.5 Å². The number of diazo groups is 1. The lowest BCUT2D eigenvalue weighted by Crippen LogP contribution is -2.32. The number of benzene rings is 2. The van der Waals surface area contributed by atoms with Crippen LogP contribution in [0.2, 0.25) is 0 Å². The van der Waals surface area contributed by atoms with Crippen molar-refractivity contribution in [2.75, 3.05) is 18.6 Å². The van der Waals surface area contributed by atoms with Gasteiger partial charge >= 0.3 is 17.5 Å². The van der Waals surface area contributed by atoms with Crippen LogP contribution in [0, 0.1) is 5.39 Å². The van der Waals surface area contributed by atoms with Gasteiger partial charge in [0.15, 0.2) is 4.98 Å². The topological polar surface area (TPSA) is 87.2 Å². The van der Waals surface area contributed by atoms with Gasteiger partial charge in [0.25, 0.3) is 0 Å². The molecular weight excluding hydrogens is 494 g/mol. The number of hydrogen-bond donors (Lipinski definition) is 1. The van der Waals surface area contributed by atoms with Gasteiger partial charge in [-0.1, -0.05) is 44.0 Å². The second-order valence-corrected chi connectivity index (χ2v) is 7.39. The maximum atomic E-state index is 13.1. The molecule has 146 valence electrons. The third-order valence-electron chi connectivity index (χ3n) is 3.69. The van der Waals surface area contributed by atoms with Gasteiger partial charge in [-0.3, -0.25) is 9.69 Å². The number of aliphatic hydroxyl groups excluding tert-OH is 1. The Morgan fingerprint density at radius 1 is 1.18 bits per heavy atom. The second kappa shape index (κ2) is 10.1. The van der Waals surface area contributed by atoms with Crippen molar-refractivity contribution < 1.29 is 19.4 Å². The zero-order valence-corrected chi connectivity index (χ0v) is 18.4. The summed E-state index contributed by atoms with van der Waals surface area (Å²) < 4.78 is 11.6. The summed E-state index contributed by atoms with van der Waals surface area (Å²) in [6.45, 7) is 1.90. The fourth-order valence-electron chi connectivity index (χ4n) is 2.40. The highest BCUT2D eigenvalue weighted by atomic mass is 79.9. The number of carbonyl (C=O) groups is 1. The molecule has 0 aliphatic carbocycles. The van der Waals surface area contributed by atoms with Crippen molar-refractivity contribution in [2.45, 2.75) is 13.5 Å². The van der Waals surface area contributed by atoms with Crippen molar-refractivity contribution in [3.05, 3.63) is 73.6 Å². The number of ether oxygens (including phenoxy) is 2. The van der Waals surface area contributed by atoms with E-state index in [1.54, 1.807) is 38.3 Å². The molecule has 0 unspecified atom stereocenters. The Morgan fingerprint density at radius 2 is 1.79 bits per heavy atom. The molecule has 0 radical (unpaired) electrons. The molecule has 2 aromatic rings. The average molecular weight is 512 g/mol. The van der Waals surface area contributed by atoms with Gasteiger partial charge in [0, 0.05) is 14.6 Å². The number of hydrogen-bond acceptors (Lipinski definition) is 5. The van der Waals surface area contributed by atoms with Gasteiger partial charge in [0.1, 0.15) is 5.75 Å². The van der Waals surface area contributed by atoms with Crippen LogP contribution < -0.4 is 9.64 Å². The third-order valence-corrected chi connectivity index (χ3v) is 4.61. The summed E-state index contributed by atoms with van der Waals surface area (Å²) in [5, 5.41) is 19.2. The van der Waals surface area contributed by atoms with Crippen molar-refractivity contribution in [3.8, 4) is 5.75 Å². The molecule has 0 atom stereocenters. The van der Waals surface area contributed by atoms with Crippen LogP contribution in [0.4, 0.5) is 5.69 Å². The van der Waals surface area contributed by atoms with E-state index in [1.165, 1.54) is 4.90 Å². The Kier molecular flexibility index (Phi) is 7.84. The molecule has 7 nitrogen and oxygen atoms in total. The van der Waals surface area contributed by atoms with Crippen molar-refractivity contribution in [2.24, 2.45) is 0 Å². The lowest BCUT2D eigenvalue weighted by atomic mass is 10.1. The normalized spacial score (nSPS) is 11.2. The maximum absolute atomic E-state index is 13.1. The summed E-state index contributed by atoms with van der Waals surface area (Å²) >= 11 is 6.80. The molecule has 0 heterocycles. The first-order valence-electron chi connectivity index (χ1n) is 8.21. The number of halogens is 2. The molecule has 1 N–H and O–H groups in total. The lowest BCUT2D eigenvalue weighted by Gasteiger charge is -2.21. The van der Waals surface area contributed by atoms with Crippen molar-refractivity contribution >= 4 is 43.5 Å². The number of rotatable bonds is 7. The molecule has 0 fully saturated rings. The fourth-order valence-corrected chi connectivity index (χ4v) is 3.67. The van der Waals surface area contributed by atoms with Gasteiger partial charge in [0.05, 0.1) is 20.3 Å². The van der Waals surface area contributed by atoms with Gasteiger partial charge in [-0.05, 0) is 42.8 Å². The second-order valence-electron chi connectivity index (χ2n) is 5.55. The quantitative estimate of drug-likeness (QED) is 0.306. The molecule has 0 saturated heterocycles. The van der Waals surface area contributed by atoms with Crippen LogP contribution in [0.25, 0.3) is 4.98 Å². The summed E-state index contributed by atoms with van der Waals surface area (Å²) in [7, 11) is 1.57. The molecule has 9 heteroatoms. The Balaban J connectivity index is 2.49. The highest BCUT2D eigenvalue weighted by Gasteiger charge is 2.36. The minimum absolute atomic E-state index is 0.110. The van der Waals surface area contributed by atoms with Crippen LogP contribution in [0.15, 0.2) is 63.1 Å². The lowest BCUT2D eigenvalue weighted by molar-refractivity contribution is -0.115. The molecule has 0 aromatic heterocycles. The number of amides is 1. The molecule has 2 aromatic carbocycles. The molecule has 2 rings (SSSR count). The molecule has 1 amide bonds. The molecule has 0 bridgehead atoms. The molecule has 0 aliphatic rings. The number of methoxy groups -OCH3 is 1. The maximum Gasteiger partial charge on any atom is 0.527 e. The van der Waals surface area contributed by atoms with E-state index in [1.807, 2.05) is 18.2 Å². The SMILES string of the molecule is CCO/C(O)=C(/[N+]#N)C(=O)N(Cc1ccc(OC)cc1)c1cc(Br)cc(Br)c1. The van der Waals surface area contributed by atoms with Crippen LogP contribution in [-0.4, -0.2) is 24.7 Å². The number of aliphatic hydroxyl groups is 1. The van der Waals surface area contributed by atoms with Crippen LogP contribution >= 0.6 is 31.9 Å². The van der Waals surface area contributed by atoms with E-state index in [2.05, 4.69) is 36.8 Å². The van der Waals surface area contributed by atoms with Crippen molar-refractivity contribution in [1.29, 1.82) is 5.39 Å². The monoisotopic (exact) mass is 510 g/mol. The van der Waals surface area contributed by atoms with Gasteiger partial charge in [-0.2, -0.15) is 0 Å². The minimum atomic E-state index is -0.746. The summed E-state index contributed by atoms with van der Waals surface area (Å²) in [5.41, 5.74) is 0.734. The van der Waals surface area contributed by atoms with E-state index in [4.69, 9.17) is 9.47 Å². The van der Waals surface area contributed by atoms with E-state index in [-0.39, 0.29) is 13.2 Å². The summed E-state index contributed by atoms with van der Waals surface area (Å²) in [4.78, 5) is 17.4. The Labute approximate surface area is 179 Å². The average Bonchev–Trinajstić information content (AvgIpc) is 2.66.